The Morgan fingerprint density at radius 1 is 0.880 bits per heavy atom. The first kappa shape index (κ1) is 18.9. The Hall–Kier alpha value is -2.46. The lowest BCUT2D eigenvalue weighted by Crippen LogP contribution is -2.13. The van der Waals surface area contributed by atoms with Gasteiger partial charge in [-0.2, -0.15) is 16.8 Å². The van der Waals surface area contributed by atoms with Crippen LogP contribution in [0.1, 0.15) is 15.9 Å². The summed E-state index contributed by atoms with van der Waals surface area (Å²) in [4.78, 5) is 12.6. The molecule has 2 aromatic carbocycles. The minimum absolute atomic E-state index is 0.247. The molecule has 0 unspecified atom stereocenters. The van der Waals surface area contributed by atoms with Crippen molar-refractivity contribution in [3.8, 4) is 11.5 Å². The Kier molecular flexibility index (Phi) is 5.14. The fourth-order valence-electron chi connectivity index (χ4n) is 1.94. The molecule has 10 heteroatoms. The summed E-state index contributed by atoms with van der Waals surface area (Å²) in [7, 11) is -7.86. The van der Waals surface area contributed by atoms with E-state index in [0.29, 0.717) is 0 Å². The first-order chi connectivity index (χ1) is 11.5. The summed E-state index contributed by atoms with van der Waals surface area (Å²) in [6.45, 7) is 0. The molecule has 2 aromatic rings. The van der Waals surface area contributed by atoms with Crippen LogP contribution in [0.2, 0.25) is 0 Å². The molecule has 7 nitrogen and oxygen atoms in total. The van der Waals surface area contributed by atoms with Crippen LogP contribution in [0, 0.1) is 5.82 Å². The van der Waals surface area contributed by atoms with Crippen LogP contribution >= 0.6 is 0 Å². The largest absolute Gasteiger partial charge is 0.383 e. The molecule has 0 N–H and O–H groups in total. The highest BCUT2D eigenvalue weighted by Crippen LogP contribution is 2.29. The molecule has 0 amide bonds. The van der Waals surface area contributed by atoms with Gasteiger partial charge in [0, 0.05) is 0 Å². The van der Waals surface area contributed by atoms with Crippen LogP contribution in [-0.4, -0.2) is 35.1 Å². The maximum Gasteiger partial charge on any atom is 0.306 e. The van der Waals surface area contributed by atoms with Crippen molar-refractivity contribution in [3.63, 3.8) is 0 Å². The van der Waals surface area contributed by atoms with Crippen LogP contribution in [0.5, 0.6) is 11.5 Å². The minimum atomic E-state index is -3.98. The second kappa shape index (κ2) is 6.81. The molecule has 134 valence electrons. The van der Waals surface area contributed by atoms with E-state index >= 15 is 0 Å². The molecule has 0 fully saturated rings. The van der Waals surface area contributed by atoms with Crippen molar-refractivity contribution in [2.45, 2.75) is 0 Å². The van der Waals surface area contributed by atoms with E-state index in [9.17, 15) is 26.0 Å². The quantitative estimate of drug-likeness (QED) is 0.548. The van der Waals surface area contributed by atoms with Gasteiger partial charge in [-0.1, -0.05) is 12.1 Å². The Bertz CT molecular complexity index is 1030. The third kappa shape index (κ3) is 5.26. The smallest absolute Gasteiger partial charge is 0.306 e. The summed E-state index contributed by atoms with van der Waals surface area (Å²) in [5.74, 6) is -2.34. The summed E-state index contributed by atoms with van der Waals surface area (Å²) in [6, 6.07) is 8.19. The van der Waals surface area contributed by atoms with Crippen LogP contribution in [0.25, 0.3) is 0 Å². The summed E-state index contributed by atoms with van der Waals surface area (Å²) >= 11 is 0. The van der Waals surface area contributed by atoms with Crippen molar-refractivity contribution >= 4 is 26.0 Å². The van der Waals surface area contributed by atoms with E-state index in [1.807, 2.05) is 0 Å². The number of hydrogen-bond acceptors (Lipinski definition) is 7. The lowest BCUT2D eigenvalue weighted by molar-refractivity contribution is 0.103. The summed E-state index contributed by atoms with van der Waals surface area (Å²) in [5.41, 5.74) is -0.700. The van der Waals surface area contributed by atoms with Gasteiger partial charge in [-0.05, 0) is 30.3 Å². The summed E-state index contributed by atoms with van der Waals surface area (Å²) in [5, 5.41) is 0. The van der Waals surface area contributed by atoms with E-state index in [1.54, 1.807) is 0 Å². The second-order valence-electron chi connectivity index (χ2n) is 5.04. The highest BCUT2D eigenvalue weighted by atomic mass is 32.2. The zero-order chi connectivity index (χ0) is 18.8. The summed E-state index contributed by atoms with van der Waals surface area (Å²) in [6.07, 6.45) is 1.57. The molecule has 0 saturated carbocycles. The molecule has 0 aliphatic rings. The van der Waals surface area contributed by atoms with Crippen LogP contribution in [0.3, 0.4) is 0 Å². The first-order valence-corrected chi connectivity index (χ1v) is 10.3. The van der Waals surface area contributed by atoms with Gasteiger partial charge in [0.2, 0.25) is 0 Å². The number of ketones is 1. The number of carbonyl (C=O) groups is 1. The summed E-state index contributed by atoms with van der Waals surface area (Å²) < 4.78 is 68.4. The molecule has 25 heavy (non-hydrogen) atoms. The third-order valence-electron chi connectivity index (χ3n) is 2.80. The van der Waals surface area contributed by atoms with Crippen molar-refractivity contribution in [1.29, 1.82) is 0 Å². The predicted molar refractivity (Wildman–Crippen MR) is 87.2 cm³/mol. The molecule has 2 rings (SSSR count). The van der Waals surface area contributed by atoms with Gasteiger partial charge in [0.1, 0.15) is 11.6 Å². The SMILES string of the molecule is CS(=O)(=O)Oc1ccc(OS(C)(=O)=O)c(C(=O)c2ccccc2F)c1. The van der Waals surface area contributed by atoms with E-state index in [2.05, 4.69) is 4.18 Å². The third-order valence-corrected chi connectivity index (χ3v) is 3.78. The Morgan fingerprint density at radius 2 is 1.48 bits per heavy atom. The average molecular weight is 388 g/mol. The molecular weight excluding hydrogens is 375 g/mol. The van der Waals surface area contributed by atoms with E-state index < -0.39 is 31.8 Å². The predicted octanol–water partition coefficient (Wildman–Crippen LogP) is 1.73. The van der Waals surface area contributed by atoms with Gasteiger partial charge in [0.15, 0.2) is 11.5 Å². The van der Waals surface area contributed by atoms with E-state index in [-0.39, 0.29) is 22.6 Å². The Balaban J connectivity index is 2.60. The number of hydrogen-bond donors (Lipinski definition) is 0. The van der Waals surface area contributed by atoms with Crippen molar-refractivity contribution in [2.24, 2.45) is 0 Å². The van der Waals surface area contributed by atoms with E-state index in [4.69, 9.17) is 4.18 Å². The average Bonchev–Trinajstić information content (AvgIpc) is 2.46. The molecular formula is C15H13FO7S2. The molecule has 0 aromatic heterocycles. The normalized spacial score (nSPS) is 11.8. The van der Waals surface area contributed by atoms with Gasteiger partial charge in [-0.25, -0.2) is 4.39 Å². The van der Waals surface area contributed by atoms with Crippen LogP contribution < -0.4 is 8.37 Å². The molecule has 0 aliphatic carbocycles. The fourth-order valence-corrected chi connectivity index (χ4v) is 2.86. The van der Waals surface area contributed by atoms with Crippen LogP contribution in [0.15, 0.2) is 42.5 Å². The van der Waals surface area contributed by atoms with Gasteiger partial charge >= 0.3 is 20.2 Å². The monoisotopic (exact) mass is 388 g/mol. The Labute approximate surface area is 144 Å². The fraction of sp³-hybridized carbons (Fsp3) is 0.133. The van der Waals surface area contributed by atoms with Gasteiger partial charge < -0.3 is 8.37 Å². The molecule has 0 bridgehead atoms. The number of halogens is 1. The zero-order valence-electron chi connectivity index (χ0n) is 13.1. The molecule has 0 saturated heterocycles. The maximum absolute atomic E-state index is 13.9. The molecule has 0 spiro atoms. The minimum Gasteiger partial charge on any atom is -0.383 e. The highest BCUT2D eigenvalue weighted by molar-refractivity contribution is 7.86. The van der Waals surface area contributed by atoms with Crippen molar-refractivity contribution in [1.82, 2.24) is 0 Å². The highest BCUT2D eigenvalue weighted by Gasteiger charge is 2.22. The Morgan fingerprint density at radius 3 is 2.04 bits per heavy atom. The van der Waals surface area contributed by atoms with Gasteiger partial charge in [0.05, 0.1) is 23.6 Å². The molecule has 0 heterocycles. The lowest BCUT2D eigenvalue weighted by atomic mass is 10.0. The van der Waals surface area contributed by atoms with E-state index in [1.165, 1.54) is 18.2 Å². The van der Waals surface area contributed by atoms with Gasteiger partial charge in [-0.3, -0.25) is 4.79 Å². The molecule has 0 aliphatic heterocycles. The van der Waals surface area contributed by atoms with Crippen molar-refractivity contribution < 1.29 is 34.4 Å². The zero-order valence-corrected chi connectivity index (χ0v) is 14.7. The maximum atomic E-state index is 13.9. The number of benzene rings is 2. The topological polar surface area (TPSA) is 104 Å². The van der Waals surface area contributed by atoms with Crippen molar-refractivity contribution in [3.05, 3.63) is 59.4 Å². The van der Waals surface area contributed by atoms with E-state index in [0.717, 1.165) is 36.8 Å². The number of rotatable bonds is 6. The number of carbonyl (C=O) groups excluding carboxylic acids is 1. The molecule has 0 atom stereocenters. The molecule has 0 radical (unpaired) electrons. The van der Waals surface area contributed by atoms with Crippen LogP contribution in [0.4, 0.5) is 4.39 Å². The van der Waals surface area contributed by atoms with Gasteiger partial charge in [0.25, 0.3) is 0 Å². The van der Waals surface area contributed by atoms with Crippen molar-refractivity contribution in [2.75, 3.05) is 12.5 Å². The lowest BCUT2D eigenvalue weighted by Gasteiger charge is -2.11. The second-order valence-corrected chi connectivity index (χ2v) is 8.19. The van der Waals surface area contributed by atoms with Crippen LogP contribution in [-0.2, 0) is 20.2 Å². The standard InChI is InChI=1S/C15H13FO7S2/c1-24(18,19)22-10-7-8-14(23-25(2,20)21)12(9-10)15(17)11-5-3-4-6-13(11)16/h3-9H,1-2H3. The van der Waals surface area contributed by atoms with Gasteiger partial charge in [-0.15, -0.1) is 0 Å². The first-order valence-electron chi connectivity index (χ1n) is 6.68.